The fraction of sp³-hybridized carbons (Fsp3) is 0.409. The smallest absolute Gasteiger partial charge is 0.295 e. The standard InChI is InChI=1S/C22H21F2N7O3/c1-12-27-28-17(34-12)10-30-15-8-25-19(26-20(15)29-6-7-33-11-16(29)21(30)32)18-14-5-3-2-4-13(14)9-31(18)22(23)24/h2-5,8,16,18,22H,6-7,9-11H2,1H3. The van der Waals surface area contributed by atoms with Crippen LogP contribution in [0.5, 0.6) is 0 Å². The van der Waals surface area contributed by atoms with Crippen molar-refractivity contribution in [2.24, 2.45) is 0 Å². The van der Waals surface area contributed by atoms with Crippen molar-refractivity contribution in [1.29, 1.82) is 0 Å². The van der Waals surface area contributed by atoms with E-state index < -0.39 is 18.6 Å². The number of aryl methyl sites for hydroxylation is 1. The van der Waals surface area contributed by atoms with Crippen LogP contribution in [0.4, 0.5) is 20.3 Å². The first-order valence-electron chi connectivity index (χ1n) is 10.9. The molecule has 2 aromatic heterocycles. The molecular formula is C22H21F2N7O3. The molecule has 3 aliphatic rings. The Bertz CT molecular complexity index is 1250. The van der Waals surface area contributed by atoms with Gasteiger partial charge in [-0.05, 0) is 11.1 Å². The average Bonchev–Trinajstić information content (AvgIpc) is 3.45. The monoisotopic (exact) mass is 469 g/mol. The van der Waals surface area contributed by atoms with Crippen LogP contribution in [0.15, 0.2) is 34.9 Å². The van der Waals surface area contributed by atoms with Crippen LogP contribution in [0.25, 0.3) is 0 Å². The molecule has 1 saturated heterocycles. The number of nitrogens with zero attached hydrogens (tertiary/aromatic N) is 7. The second-order valence-electron chi connectivity index (χ2n) is 8.41. The first-order valence-corrected chi connectivity index (χ1v) is 10.9. The zero-order valence-corrected chi connectivity index (χ0v) is 18.3. The predicted molar refractivity (Wildman–Crippen MR) is 114 cm³/mol. The van der Waals surface area contributed by atoms with Gasteiger partial charge in [0.2, 0.25) is 11.8 Å². The molecule has 176 valence electrons. The molecule has 12 heteroatoms. The lowest BCUT2D eigenvalue weighted by atomic mass is 10.0. The number of amides is 1. The molecular weight excluding hydrogens is 448 g/mol. The highest BCUT2D eigenvalue weighted by molar-refractivity contribution is 6.04. The van der Waals surface area contributed by atoms with Gasteiger partial charge < -0.3 is 14.1 Å². The van der Waals surface area contributed by atoms with Gasteiger partial charge in [-0.1, -0.05) is 24.3 Å². The lowest BCUT2D eigenvalue weighted by molar-refractivity contribution is -0.122. The van der Waals surface area contributed by atoms with E-state index in [0.717, 1.165) is 16.0 Å². The normalized spacial score (nSPS) is 22.2. The van der Waals surface area contributed by atoms with Crippen LogP contribution >= 0.6 is 0 Å². The van der Waals surface area contributed by atoms with Crippen molar-refractivity contribution in [3.05, 3.63) is 59.2 Å². The maximum atomic E-state index is 14.0. The number of ether oxygens (including phenoxy) is 1. The average molecular weight is 469 g/mol. The Hall–Kier alpha value is -3.51. The van der Waals surface area contributed by atoms with Crippen molar-refractivity contribution in [2.45, 2.75) is 38.6 Å². The fourth-order valence-corrected chi connectivity index (χ4v) is 4.85. The summed E-state index contributed by atoms with van der Waals surface area (Å²) in [6.07, 6.45) is 1.52. The Kier molecular flexibility index (Phi) is 4.99. The Labute approximate surface area is 193 Å². The number of benzene rings is 1. The van der Waals surface area contributed by atoms with E-state index in [1.54, 1.807) is 6.92 Å². The lowest BCUT2D eigenvalue weighted by Crippen LogP contribution is -2.59. The van der Waals surface area contributed by atoms with Crippen LogP contribution in [0.1, 0.15) is 34.8 Å². The zero-order chi connectivity index (χ0) is 23.4. The molecule has 1 fully saturated rings. The zero-order valence-electron chi connectivity index (χ0n) is 18.3. The molecule has 10 nitrogen and oxygen atoms in total. The summed E-state index contributed by atoms with van der Waals surface area (Å²) in [5.41, 5.74) is 2.05. The minimum Gasteiger partial charge on any atom is -0.424 e. The number of alkyl halides is 2. The van der Waals surface area contributed by atoms with E-state index in [1.807, 2.05) is 29.2 Å². The molecule has 1 aromatic carbocycles. The van der Waals surface area contributed by atoms with Crippen molar-refractivity contribution >= 4 is 17.4 Å². The molecule has 0 N–H and O–H groups in total. The maximum Gasteiger partial charge on any atom is 0.295 e. The minimum atomic E-state index is -2.67. The van der Waals surface area contributed by atoms with Crippen LogP contribution in [-0.2, 0) is 22.6 Å². The molecule has 0 saturated carbocycles. The number of hydrogen-bond acceptors (Lipinski definition) is 9. The number of halogens is 2. The summed E-state index contributed by atoms with van der Waals surface area (Å²) >= 11 is 0. The van der Waals surface area contributed by atoms with Gasteiger partial charge in [0.05, 0.1) is 19.4 Å². The molecule has 5 heterocycles. The second kappa shape index (κ2) is 8.06. The van der Waals surface area contributed by atoms with Gasteiger partial charge in [-0.15, -0.1) is 10.2 Å². The van der Waals surface area contributed by atoms with Crippen LogP contribution in [0, 0.1) is 6.92 Å². The molecule has 0 aliphatic carbocycles. The summed E-state index contributed by atoms with van der Waals surface area (Å²) in [7, 11) is 0. The maximum absolute atomic E-state index is 14.0. The molecule has 3 aliphatic heterocycles. The van der Waals surface area contributed by atoms with Gasteiger partial charge in [0, 0.05) is 20.0 Å². The number of fused-ring (bicyclic) bond motifs is 4. The van der Waals surface area contributed by atoms with Gasteiger partial charge >= 0.3 is 0 Å². The number of rotatable bonds is 4. The van der Waals surface area contributed by atoms with Gasteiger partial charge in [0.15, 0.2) is 11.6 Å². The third-order valence-electron chi connectivity index (χ3n) is 6.40. The summed E-state index contributed by atoms with van der Waals surface area (Å²) in [4.78, 5) is 27.0. The quantitative estimate of drug-likeness (QED) is 0.532. The van der Waals surface area contributed by atoms with Crippen molar-refractivity contribution in [3.8, 4) is 0 Å². The van der Waals surface area contributed by atoms with Gasteiger partial charge in [-0.3, -0.25) is 9.69 Å². The topological polar surface area (TPSA) is 101 Å². The lowest BCUT2D eigenvalue weighted by Gasteiger charge is -2.43. The van der Waals surface area contributed by atoms with E-state index in [4.69, 9.17) is 14.1 Å². The Balaban J connectivity index is 1.45. The summed E-state index contributed by atoms with van der Waals surface area (Å²) in [5.74, 6) is 1.24. The highest BCUT2D eigenvalue weighted by Crippen LogP contribution is 2.42. The Morgan fingerprint density at radius 1 is 1.24 bits per heavy atom. The third-order valence-corrected chi connectivity index (χ3v) is 6.40. The van der Waals surface area contributed by atoms with Crippen molar-refractivity contribution in [2.75, 3.05) is 29.6 Å². The van der Waals surface area contributed by atoms with E-state index in [9.17, 15) is 13.6 Å². The number of anilines is 2. The summed E-state index contributed by atoms with van der Waals surface area (Å²) < 4.78 is 39.0. The third kappa shape index (κ3) is 3.32. The Morgan fingerprint density at radius 3 is 2.88 bits per heavy atom. The summed E-state index contributed by atoms with van der Waals surface area (Å²) in [5, 5.41) is 7.83. The van der Waals surface area contributed by atoms with Gasteiger partial charge in [-0.2, -0.15) is 8.78 Å². The highest BCUT2D eigenvalue weighted by Gasteiger charge is 2.44. The summed E-state index contributed by atoms with van der Waals surface area (Å²) in [6.45, 7) is 0.241. The Morgan fingerprint density at radius 2 is 2.09 bits per heavy atom. The molecule has 3 aromatic rings. The van der Waals surface area contributed by atoms with Gasteiger partial charge in [0.25, 0.3) is 12.5 Å². The predicted octanol–water partition coefficient (Wildman–Crippen LogP) is 2.05. The van der Waals surface area contributed by atoms with Gasteiger partial charge in [-0.25, -0.2) is 14.9 Å². The van der Waals surface area contributed by atoms with E-state index in [0.29, 0.717) is 30.5 Å². The molecule has 2 unspecified atom stereocenters. The van der Waals surface area contributed by atoms with Gasteiger partial charge in [0.1, 0.15) is 24.3 Å². The SMILES string of the molecule is Cc1nnc(CN2C(=O)C3COCCN3c3nc(C4c5ccccc5CN4C(F)F)ncc32)o1. The minimum absolute atomic E-state index is 0.0507. The molecule has 1 amide bonds. The van der Waals surface area contributed by atoms with E-state index in [-0.39, 0.29) is 37.3 Å². The van der Waals surface area contributed by atoms with Crippen LogP contribution in [0.3, 0.4) is 0 Å². The van der Waals surface area contributed by atoms with Crippen molar-refractivity contribution < 1.29 is 22.7 Å². The van der Waals surface area contributed by atoms with Crippen molar-refractivity contribution in [3.63, 3.8) is 0 Å². The van der Waals surface area contributed by atoms with Crippen LogP contribution in [-0.4, -0.2) is 63.3 Å². The molecule has 0 bridgehead atoms. The highest BCUT2D eigenvalue weighted by atomic mass is 19.3. The number of hydrogen-bond donors (Lipinski definition) is 0. The summed E-state index contributed by atoms with van der Waals surface area (Å²) in [6, 6.07) is 5.95. The molecule has 34 heavy (non-hydrogen) atoms. The van der Waals surface area contributed by atoms with Crippen LogP contribution in [0.2, 0.25) is 0 Å². The van der Waals surface area contributed by atoms with E-state index in [2.05, 4.69) is 15.2 Å². The molecule has 6 rings (SSSR count). The molecule has 2 atom stereocenters. The van der Waals surface area contributed by atoms with E-state index in [1.165, 1.54) is 11.1 Å². The van der Waals surface area contributed by atoms with Crippen LogP contribution < -0.4 is 9.80 Å². The second-order valence-corrected chi connectivity index (χ2v) is 8.41. The first kappa shape index (κ1) is 21.1. The molecule has 0 spiro atoms. The van der Waals surface area contributed by atoms with E-state index >= 15 is 0 Å². The first-order chi connectivity index (χ1) is 16.5. The number of morpholine rings is 1. The molecule has 0 radical (unpaired) electrons. The van der Waals surface area contributed by atoms with Crippen molar-refractivity contribution in [1.82, 2.24) is 25.1 Å². The number of carbonyl (C=O) groups excluding carboxylic acids is 1. The number of carbonyl (C=O) groups is 1. The number of aromatic nitrogens is 4. The largest absolute Gasteiger partial charge is 0.424 e. The fourth-order valence-electron chi connectivity index (χ4n) is 4.85.